The first-order valence-electron chi connectivity index (χ1n) is 4.97. The molecule has 4 heteroatoms. The van der Waals surface area contributed by atoms with E-state index in [4.69, 9.17) is 0 Å². The predicted octanol–water partition coefficient (Wildman–Crippen LogP) is 2.26. The van der Waals surface area contributed by atoms with Crippen LogP contribution in [0.3, 0.4) is 0 Å². The van der Waals surface area contributed by atoms with Gasteiger partial charge in [-0.3, -0.25) is 0 Å². The summed E-state index contributed by atoms with van der Waals surface area (Å²) in [5.74, 6) is 1.48. The van der Waals surface area contributed by atoms with Crippen molar-refractivity contribution < 1.29 is 0 Å². The third-order valence-corrected chi connectivity index (χ3v) is 2.37. The molecule has 2 rings (SSSR count). The molecule has 0 aliphatic heterocycles. The van der Waals surface area contributed by atoms with Crippen LogP contribution in [0.25, 0.3) is 11.2 Å². The molecule has 2 aromatic heterocycles. The molecule has 1 N–H and O–H groups in total. The Hall–Kier alpha value is -1.45. The number of hydrogen-bond acceptors (Lipinski definition) is 3. The molecule has 0 spiro atoms. The normalized spacial score (nSPS) is 13.3. The summed E-state index contributed by atoms with van der Waals surface area (Å²) < 4.78 is 0. The zero-order valence-corrected chi connectivity index (χ0v) is 8.49. The van der Waals surface area contributed by atoms with Crippen molar-refractivity contribution in [1.29, 1.82) is 0 Å². The summed E-state index contributed by atoms with van der Waals surface area (Å²) in [5, 5.41) is 0. The van der Waals surface area contributed by atoms with Crippen molar-refractivity contribution in [3.05, 3.63) is 18.3 Å². The Labute approximate surface area is 82.8 Å². The van der Waals surface area contributed by atoms with Gasteiger partial charge in [0.1, 0.15) is 17.7 Å². The summed E-state index contributed by atoms with van der Waals surface area (Å²) in [6.07, 6.45) is 5.60. The van der Waals surface area contributed by atoms with Gasteiger partial charge in [0, 0.05) is 5.92 Å². The Morgan fingerprint density at radius 3 is 3.07 bits per heavy atom. The van der Waals surface area contributed by atoms with Gasteiger partial charge in [-0.2, -0.15) is 0 Å². The Bertz CT molecular complexity index is 388. The maximum atomic E-state index is 4.42. The molecule has 1 unspecified atom stereocenters. The van der Waals surface area contributed by atoms with Crippen molar-refractivity contribution in [1.82, 2.24) is 19.9 Å². The molecule has 0 aliphatic rings. The fourth-order valence-corrected chi connectivity index (χ4v) is 1.58. The summed E-state index contributed by atoms with van der Waals surface area (Å²) >= 11 is 0. The van der Waals surface area contributed by atoms with Crippen molar-refractivity contribution in [2.45, 2.75) is 32.6 Å². The summed E-state index contributed by atoms with van der Waals surface area (Å²) in [4.78, 5) is 15.7. The number of nitrogens with one attached hydrogen (secondary N) is 1. The van der Waals surface area contributed by atoms with E-state index in [0.29, 0.717) is 5.92 Å². The van der Waals surface area contributed by atoms with Crippen molar-refractivity contribution in [2.75, 3.05) is 0 Å². The molecule has 0 aromatic carbocycles. The minimum Gasteiger partial charge on any atom is -0.339 e. The maximum Gasteiger partial charge on any atom is 0.180 e. The van der Waals surface area contributed by atoms with Crippen LogP contribution in [0.1, 0.15) is 38.4 Å². The highest BCUT2D eigenvalue weighted by atomic mass is 15.0. The first-order chi connectivity index (χ1) is 6.81. The standard InChI is InChI=1S/C10H14N4/c1-3-4-7(2)9-13-8-5-11-6-12-10(8)14-9/h5-7H,3-4H2,1-2H3,(H,11,12,13,14). The molecule has 0 bridgehead atoms. The van der Waals surface area contributed by atoms with Crippen LogP contribution in [0.15, 0.2) is 12.5 Å². The summed E-state index contributed by atoms with van der Waals surface area (Å²) in [6, 6.07) is 0. The van der Waals surface area contributed by atoms with E-state index in [0.717, 1.165) is 23.4 Å². The minimum absolute atomic E-state index is 0.467. The highest BCUT2D eigenvalue weighted by Crippen LogP contribution is 2.19. The highest BCUT2D eigenvalue weighted by molar-refractivity contribution is 5.68. The molecule has 0 saturated carbocycles. The molecule has 2 aromatic rings. The Morgan fingerprint density at radius 1 is 1.50 bits per heavy atom. The molecule has 0 amide bonds. The zero-order valence-electron chi connectivity index (χ0n) is 8.49. The van der Waals surface area contributed by atoms with E-state index in [-0.39, 0.29) is 0 Å². The smallest absolute Gasteiger partial charge is 0.180 e. The van der Waals surface area contributed by atoms with E-state index < -0.39 is 0 Å². The number of nitrogens with zero attached hydrogens (tertiary/aromatic N) is 3. The molecule has 1 atom stereocenters. The lowest BCUT2D eigenvalue weighted by Crippen LogP contribution is -1.94. The number of fused-ring (bicyclic) bond motifs is 1. The lowest BCUT2D eigenvalue weighted by Gasteiger charge is -2.04. The average Bonchev–Trinajstić information content (AvgIpc) is 2.61. The van der Waals surface area contributed by atoms with E-state index >= 15 is 0 Å². The first-order valence-corrected chi connectivity index (χ1v) is 4.97. The third kappa shape index (κ3) is 1.60. The Balaban J connectivity index is 2.35. The van der Waals surface area contributed by atoms with Crippen molar-refractivity contribution >= 4 is 11.2 Å². The first kappa shape index (κ1) is 9.12. The fourth-order valence-electron chi connectivity index (χ4n) is 1.58. The number of imidazole rings is 1. The van der Waals surface area contributed by atoms with Crippen LogP contribution in [0.4, 0.5) is 0 Å². The number of aromatic nitrogens is 4. The molecule has 4 nitrogen and oxygen atoms in total. The van der Waals surface area contributed by atoms with E-state index in [1.807, 2.05) is 0 Å². The van der Waals surface area contributed by atoms with Gasteiger partial charge in [0.05, 0.1) is 6.20 Å². The van der Waals surface area contributed by atoms with Crippen LogP contribution in [-0.4, -0.2) is 19.9 Å². The molecular formula is C10H14N4. The molecule has 74 valence electrons. The second-order valence-corrected chi connectivity index (χ2v) is 3.57. The van der Waals surface area contributed by atoms with Gasteiger partial charge in [0.2, 0.25) is 0 Å². The molecule has 0 radical (unpaired) electrons. The Morgan fingerprint density at radius 2 is 2.36 bits per heavy atom. The van der Waals surface area contributed by atoms with E-state index in [2.05, 4.69) is 33.8 Å². The molecule has 0 fully saturated rings. The maximum absolute atomic E-state index is 4.42. The predicted molar refractivity (Wildman–Crippen MR) is 55.0 cm³/mol. The minimum atomic E-state index is 0.467. The van der Waals surface area contributed by atoms with Crippen molar-refractivity contribution in [3.63, 3.8) is 0 Å². The lowest BCUT2D eigenvalue weighted by atomic mass is 10.1. The van der Waals surface area contributed by atoms with Crippen LogP contribution in [-0.2, 0) is 0 Å². The quantitative estimate of drug-likeness (QED) is 0.807. The van der Waals surface area contributed by atoms with Gasteiger partial charge in [-0.1, -0.05) is 20.3 Å². The van der Waals surface area contributed by atoms with E-state index in [1.54, 1.807) is 6.20 Å². The molecule has 14 heavy (non-hydrogen) atoms. The number of rotatable bonds is 3. The second-order valence-electron chi connectivity index (χ2n) is 3.57. The van der Waals surface area contributed by atoms with Crippen LogP contribution in [0.5, 0.6) is 0 Å². The van der Waals surface area contributed by atoms with Gasteiger partial charge in [-0.25, -0.2) is 15.0 Å². The third-order valence-electron chi connectivity index (χ3n) is 2.37. The monoisotopic (exact) mass is 190 g/mol. The molecule has 2 heterocycles. The molecule has 0 saturated heterocycles. The summed E-state index contributed by atoms with van der Waals surface area (Å²) in [5.41, 5.74) is 1.68. The fraction of sp³-hybridized carbons (Fsp3) is 0.500. The van der Waals surface area contributed by atoms with Gasteiger partial charge >= 0.3 is 0 Å². The van der Waals surface area contributed by atoms with Gasteiger partial charge in [-0.15, -0.1) is 0 Å². The number of H-pyrrole nitrogens is 1. The largest absolute Gasteiger partial charge is 0.339 e. The second kappa shape index (κ2) is 3.74. The van der Waals surface area contributed by atoms with Crippen LogP contribution >= 0.6 is 0 Å². The molecule has 0 aliphatic carbocycles. The zero-order chi connectivity index (χ0) is 9.97. The van der Waals surface area contributed by atoms with Gasteiger partial charge in [0.25, 0.3) is 0 Å². The van der Waals surface area contributed by atoms with Crippen LogP contribution < -0.4 is 0 Å². The van der Waals surface area contributed by atoms with Crippen molar-refractivity contribution in [3.8, 4) is 0 Å². The Kier molecular flexibility index (Phi) is 2.43. The lowest BCUT2D eigenvalue weighted by molar-refractivity contribution is 0.635. The SMILES string of the molecule is CCCC(C)c1nc2ncncc2[nH]1. The summed E-state index contributed by atoms with van der Waals surface area (Å²) in [7, 11) is 0. The highest BCUT2D eigenvalue weighted by Gasteiger charge is 2.09. The summed E-state index contributed by atoms with van der Waals surface area (Å²) in [6.45, 7) is 4.35. The van der Waals surface area contributed by atoms with E-state index in [9.17, 15) is 0 Å². The van der Waals surface area contributed by atoms with Crippen molar-refractivity contribution in [2.24, 2.45) is 0 Å². The van der Waals surface area contributed by atoms with E-state index in [1.165, 1.54) is 12.7 Å². The number of hydrogen-bond donors (Lipinski definition) is 1. The van der Waals surface area contributed by atoms with Gasteiger partial charge < -0.3 is 4.98 Å². The topological polar surface area (TPSA) is 54.5 Å². The molecular weight excluding hydrogens is 176 g/mol. The average molecular weight is 190 g/mol. The van der Waals surface area contributed by atoms with Gasteiger partial charge in [-0.05, 0) is 6.42 Å². The van der Waals surface area contributed by atoms with Crippen LogP contribution in [0, 0.1) is 0 Å². The van der Waals surface area contributed by atoms with Gasteiger partial charge in [0.15, 0.2) is 5.65 Å². The number of aromatic amines is 1. The van der Waals surface area contributed by atoms with Crippen LogP contribution in [0.2, 0.25) is 0 Å².